The molecule has 1 aromatic heterocycles. The van der Waals surface area contributed by atoms with Crippen LogP contribution in [0.5, 0.6) is 5.75 Å². The van der Waals surface area contributed by atoms with E-state index in [0.717, 1.165) is 0 Å². The Morgan fingerprint density at radius 1 is 1.41 bits per heavy atom. The molecule has 1 aliphatic rings. The second-order valence-corrected chi connectivity index (χ2v) is 4.87. The number of morpholine rings is 1. The molecule has 118 valence electrons. The standard InChI is InChI=1S/C15H19N3O4/c16-5-2-7-18-6-1-3-13(15(18)20)22-10-4-14(19)17-8-11-21-12-9-17/h1,3,6H,2,4,7-12H2. The zero-order valence-corrected chi connectivity index (χ0v) is 12.4. The van der Waals surface area contributed by atoms with Gasteiger partial charge in [0.1, 0.15) is 0 Å². The molecule has 0 radical (unpaired) electrons. The predicted octanol–water partition coefficient (Wildman–Crippen LogP) is 0.390. The summed E-state index contributed by atoms with van der Waals surface area (Å²) in [5.74, 6) is 0.208. The van der Waals surface area contributed by atoms with Gasteiger partial charge in [-0.1, -0.05) is 0 Å². The zero-order chi connectivity index (χ0) is 15.8. The minimum atomic E-state index is -0.281. The van der Waals surface area contributed by atoms with E-state index in [-0.39, 0.29) is 36.7 Å². The van der Waals surface area contributed by atoms with Gasteiger partial charge in [-0.15, -0.1) is 0 Å². The second kappa shape index (κ2) is 8.20. The van der Waals surface area contributed by atoms with Gasteiger partial charge < -0.3 is 18.9 Å². The minimum absolute atomic E-state index is 0.00374. The molecule has 0 spiro atoms. The highest BCUT2D eigenvalue weighted by Crippen LogP contribution is 2.05. The van der Waals surface area contributed by atoms with Crippen molar-refractivity contribution < 1.29 is 14.3 Å². The Bertz CT molecular complexity index is 600. The van der Waals surface area contributed by atoms with Gasteiger partial charge in [-0.2, -0.15) is 5.26 Å². The fourth-order valence-corrected chi connectivity index (χ4v) is 2.19. The smallest absolute Gasteiger partial charge is 0.292 e. The molecule has 1 saturated heterocycles. The lowest BCUT2D eigenvalue weighted by Crippen LogP contribution is -2.41. The van der Waals surface area contributed by atoms with Crippen LogP contribution in [0.15, 0.2) is 23.1 Å². The molecule has 1 amide bonds. The number of rotatable bonds is 6. The van der Waals surface area contributed by atoms with Crippen molar-refractivity contribution in [3.05, 3.63) is 28.7 Å². The van der Waals surface area contributed by atoms with Crippen LogP contribution in [0.2, 0.25) is 0 Å². The quantitative estimate of drug-likeness (QED) is 0.759. The number of ether oxygens (including phenoxy) is 2. The topological polar surface area (TPSA) is 84.6 Å². The van der Waals surface area contributed by atoms with Crippen LogP contribution >= 0.6 is 0 Å². The third-order valence-electron chi connectivity index (χ3n) is 3.39. The molecule has 2 rings (SSSR count). The van der Waals surface area contributed by atoms with Crippen molar-refractivity contribution in [2.24, 2.45) is 0 Å². The van der Waals surface area contributed by atoms with Crippen molar-refractivity contribution in [1.29, 1.82) is 5.26 Å². The van der Waals surface area contributed by atoms with E-state index in [1.165, 1.54) is 4.57 Å². The van der Waals surface area contributed by atoms with E-state index in [2.05, 4.69) is 0 Å². The number of nitriles is 1. The van der Waals surface area contributed by atoms with E-state index in [0.29, 0.717) is 32.8 Å². The maximum Gasteiger partial charge on any atom is 0.292 e. The van der Waals surface area contributed by atoms with Gasteiger partial charge in [-0.25, -0.2) is 0 Å². The molecule has 1 aliphatic heterocycles. The van der Waals surface area contributed by atoms with E-state index in [1.54, 1.807) is 23.2 Å². The Hall–Kier alpha value is -2.33. The Balaban J connectivity index is 1.85. The molecule has 0 aliphatic carbocycles. The Morgan fingerprint density at radius 3 is 2.91 bits per heavy atom. The van der Waals surface area contributed by atoms with Gasteiger partial charge in [0.15, 0.2) is 5.75 Å². The molecule has 7 nitrogen and oxygen atoms in total. The average Bonchev–Trinajstić information content (AvgIpc) is 2.56. The van der Waals surface area contributed by atoms with Crippen LogP contribution in [0.4, 0.5) is 0 Å². The third kappa shape index (κ3) is 4.33. The van der Waals surface area contributed by atoms with E-state index in [9.17, 15) is 9.59 Å². The maximum atomic E-state index is 12.1. The predicted molar refractivity (Wildman–Crippen MR) is 78.4 cm³/mol. The van der Waals surface area contributed by atoms with Crippen molar-refractivity contribution in [3.63, 3.8) is 0 Å². The number of hydrogen-bond acceptors (Lipinski definition) is 5. The number of aromatic nitrogens is 1. The van der Waals surface area contributed by atoms with Gasteiger partial charge in [-0.05, 0) is 12.1 Å². The largest absolute Gasteiger partial charge is 0.487 e. The van der Waals surface area contributed by atoms with E-state index >= 15 is 0 Å². The Kier molecular flexibility index (Phi) is 5.98. The molecule has 2 heterocycles. The first-order valence-electron chi connectivity index (χ1n) is 7.27. The fraction of sp³-hybridized carbons (Fsp3) is 0.533. The third-order valence-corrected chi connectivity index (χ3v) is 3.39. The summed E-state index contributed by atoms with van der Waals surface area (Å²) in [4.78, 5) is 25.8. The molecule has 0 N–H and O–H groups in total. The van der Waals surface area contributed by atoms with E-state index in [1.807, 2.05) is 6.07 Å². The van der Waals surface area contributed by atoms with Crippen LogP contribution in [0, 0.1) is 11.3 Å². The van der Waals surface area contributed by atoms with Gasteiger partial charge in [0.25, 0.3) is 5.56 Å². The summed E-state index contributed by atoms with van der Waals surface area (Å²) >= 11 is 0. The van der Waals surface area contributed by atoms with Crippen LogP contribution in [0.3, 0.4) is 0 Å². The van der Waals surface area contributed by atoms with Crippen LogP contribution in [0.25, 0.3) is 0 Å². The maximum absolute atomic E-state index is 12.1. The van der Waals surface area contributed by atoms with Crippen molar-refractivity contribution >= 4 is 5.91 Å². The van der Waals surface area contributed by atoms with Gasteiger partial charge in [0, 0.05) is 25.8 Å². The lowest BCUT2D eigenvalue weighted by Gasteiger charge is -2.26. The number of hydrogen-bond donors (Lipinski definition) is 0. The van der Waals surface area contributed by atoms with Crippen molar-refractivity contribution in [2.75, 3.05) is 32.9 Å². The first-order valence-corrected chi connectivity index (χ1v) is 7.27. The van der Waals surface area contributed by atoms with Crippen LogP contribution < -0.4 is 10.3 Å². The molecule has 0 unspecified atom stereocenters. The first-order chi connectivity index (χ1) is 10.7. The molecule has 22 heavy (non-hydrogen) atoms. The zero-order valence-electron chi connectivity index (χ0n) is 12.4. The molecule has 0 saturated carbocycles. The van der Waals surface area contributed by atoms with Crippen molar-refractivity contribution in [1.82, 2.24) is 9.47 Å². The summed E-state index contributed by atoms with van der Waals surface area (Å²) in [6.45, 7) is 2.83. The van der Waals surface area contributed by atoms with E-state index < -0.39 is 0 Å². The van der Waals surface area contributed by atoms with Gasteiger partial charge >= 0.3 is 0 Å². The second-order valence-electron chi connectivity index (χ2n) is 4.87. The monoisotopic (exact) mass is 305 g/mol. The van der Waals surface area contributed by atoms with Gasteiger partial charge in [-0.3, -0.25) is 9.59 Å². The summed E-state index contributed by atoms with van der Waals surface area (Å²) in [6, 6.07) is 5.26. The molecule has 7 heteroatoms. The molecule has 1 fully saturated rings. The van der Waals surface area contributed by atoms with Gasteiger partial charge in [0.2, 0.25) is 5.91 Å². The number of carbonyl (C=O) groups is 1. The summed E-state index contributed by atoms with van der Waals surface area (Å²) in [5.41, 5.74) is -0.281. The highest BCUT2D eigenvalue weighted by Gasteiger charge is 2.16. The number of pyridine rings is 1. The molecule has 1 aromatic rings. The molecular weight excluding hydrogens is 286 g/mol. The molecule has 0 aromatic carbocycles. The summed E-state index contributed by atoms with van der Waals surface area (Å²) in [6.07, 6.45) is 2.11. The van der Waals surface area contributed by atoms with Crippen LogP contribution in [0.1, 0.15) is 12.8 Å². The Labute approximate surface area is 128 Å². The number of nitrogens with zero attached hydrogens (tertiary/aromatic N) is 3. The fourth-order valence-electron chi connectivity index (χ4n) is 2.19. The number of carbonyl (C=O) groups excluding carboxylic acids is 1. The highest BCUT2D eigenvalue weighted by atomic mass is 16.5. The van der Waals surface area contributed by atoms with Crippen molar-refractivity contribution in [2.45, 2.75) is 19.4 Å². The first kappa shape index (κ1) is 16.0. The highest BCUT2D eigenvalue weighted by molar-refractivity contribution is 5.76. The lowest BCUT2D eigenvalue weighted by atomic mass is 10.3. The minimum Gasteiger partial charge on any atom is -0.487 e. The van der Waals surface area contributed by atoms with Crippen molar-refractivity contribution in [3.8, 4) is 11.8 Å². The Morgan fingerprint density at radius 2 is 2.18 bits per heavy atom. The number of amides is 1. The van der Waals surface area contributed by atoms with Crippen LogP contribution in [-0.4, -0.2) is 48.3 Å². The average molecular weight is 305 g/mol. The van der Waals surface area contributed by atoms with Crippen LogP contribution in [-0.2, 0) is 16.1 Å². The van der Waals surface area contributed by atoms with Gasteiger partial charge in [0.05, 0.1) is 38.7 Å². The van der Waals surface area contributed by atoms with E-state index in [4.69, 9.17) is 14.7 Å². The molecule has 0 atom stereocenters. The normalized spacial score (nSPS) is 14.4. The molecular formula is C15H19N3O4. The molecule has 0 bridgehead atoms. The summed E-state index contributed by atoms with van der Waals surface area (Å²) in [7, 11) is 0. The SMILES string of the molecule is N#CCCn1cccc(OCCC(=O)N2CCOCC2)c1=O. The summed E-state index contributed by atoms with van der Waals surface area (Å²) < 4.78 is 12.0. The lowest BCUT2D eigenvalue weighted by molar-refractivity contribution is -0.135. The number of aryl methyl sites for hydroxylation is 1. The summed E-state index contributed by atoms with van der Waals surface area (Å²) in [5, 5.41) is 8.57.